The van der Waals surface area contributed by atoms with Crippen LogP contribution in [0.1, 0.15) is 16.7 Å². The van der Waals surface area contributed by atoms with Crippen LogP contribution < -0.4 is 5.32 Å². The van der Waals surface area contributed by atoms with Crippen molar-refractivity contribution in [3.8, 4) is 0 Å². The Labute approximate surface area is 151 Å². The van der Waals surface area contributed by atoms with Crippen molar-refractivity contribution in [2.75, 3.05) is 7.05 Å². The molecule has 1 aliphatic rings. The first kappa shape index (κ1) is 16.1. The maximum atomic E-state index is 12.2. The van der Waals surface area contributed by atoms with Crippen LogP contribution in [-0.2, 0) is 11.3 Å². The van der Waals surface area contributed by atoms with Gasteiger partial charge in [-0.15, -0.1) is 0 Å². The van der Waals surface area contributed by atoms with E-state index in [1.54, 1.807) is 6.08 Å². The summed E-state index contributed by atoms with van der Waals surface area (Å²) in [6.07, 6.45) is 3.77. The molecule has 2 heterocycles. The number of likely N-dealkylation sites (N-methyl/N-ethyl adjacent to an activating group) is 1. The molecule has 0 saturated carbocycles. The van der Waals surface area contributed by atoms with Crippen molar-refractivity contribution < 1.29 is 9.59 Å². The molecule has 4 rings (SSSR count). The molecule has 5 heteroatoms. The highest BCUT2D eigenvalue weighted by Crippen LogP contribution is 2.25. The molecule has 1 saturated heterocycles. The second kappa shape index (κ2) is 6.19. The Morgan fingerprint density at radius 3 is 2.46 bits per heavy atom. The Morgan fingerprint density at radius 2 is 1.77 bits per heavy atom. The van der Waals surface area contributed by atoms with E-state index >= 15 is 0 Å². The fourth-order valence-corrected chi connectivity index (χ4v) is 3.19. The van der Waals surface area contributed by atoms with Gasteiger partial charge in [0, 0.05) is 36.3 Å². The highest BCUT2D eigenvalue weighted by atomic mass is 16.2. The van der Waals surface area contributed by atoms with Crippen molar-refractivity contribution in [2.24, 2.45) is 0 Å². The average Bonchev–Trinajstić information content (AvgIpc) is 3.10. The monoisotopic (exact) mass is 345 g/mol. The molecule has 0 aliphatic carbocycles. The van der Waals surface area contributed by atoms with Crippen LogP contribution in [0.2, 0.25) is 0 Å². The minimum atomic E-state index is -0.398. The van der Waals surface area contributed by atoms with Crippen LogP contribution in [0, 0.1) is 6.92 Å². The van der Waals surface area contributed by atoms with E-state index in [1.807, 2.05) is 24.4 Å². The van der Waals surface area contributed by atoms with Crippen molar-refractivity contribution in [3.63, 3.8) is 0 Å². The smallest absolute Gasteiger partial charge is 0.328 e. The number of carbonyl (C=O) groups is 2. The Kier molecular flexibility index (Phi) is 3.84. The van der Waals surface area contributed by atoms with Gasteiger partial charge in [0.15, 0.2) is 0 Å². The number of nitrogens with zero attached hydrogens (tertiary/aromatic N) is 2. The van der Waals surface area contributed by atoms with Crippen LogP contribution >= 0.6 is 0 Å². The number of urea groups is 1. The summed E-state index contributed by atoms with van der Waals surface area (Å²) in [5.74, 6) is -0.314. The second-order valence-electron chi connectivity index (χ2n) is 6.57. The predicted molar refractivity (Wildman–Crippen MR) is 101 cm³/mol. The molecule has 130 valence electrons. The van der Waals surface area contributed by atoms with Crippen molar-refractivity contribution in [1.29, 1.82) is 0 Å². The van der Waals surface area contributed by atoms with E-state index in [0.29, 0.717) is 5.70 Å². The molecule has 0 bridgehead atoms. The van der Waals surface area contributed by atoms with Crippen LogP contribution in [0.25, 0.3) is 17.0 Å². The number of amides is 3. The summed E-state index contributed by atoms with van der Waals surface area (Å²) in [7, 11) is 1.47. The normalized spacial score (nSPS) is 15.9. The fourth-order valence-electron chi connectivity index (χ4n) is 3.19. The quantitative estimate of drug-likeness (QED) is 0.583. The molecule has 3 aromatic rings. The van der Waals surface area contributed by atoms with E-state index in [4.69, 9.17) is 0 Å². The molecule has 0 unspecified atom stereocenters. The number of fused-ring (bicyclic) bond motifs is 1. The Hall–Kier alpha value is -3.34. The Bertz CT molecular complexity index is 1040. The molecule has 5 nitrogen and oxygen atoms in total. The van der Waals surface area contributed by atoms with Gasteiger partial charge in [0.2, 0.25) is 0 Å². The minimum absolute atomic E-state index is 0.302. The first-order chi connectivity index (χ1) is 12.5. The number of carbonyl (C=O) groups excluding carboxylic acids is 2. The number of hydrogen-bond donors (Lipinski definition) is 1. The van der Waals surface area contributed by atoms with E-state index in [1.165, 1.54) is 18.2 Å². The van der Waals surface area contributed by atoms with Gasteiger partial charge in [-0.3, -0.25) is 9.69 Å². The summed E-state index contributed by atoms with van der Waals surface area (Å²) in [5, 5.41) is 3.67. The minimum Gasteiger partial charge on any atom is -0.342 e. The largest absolute Gasteiger partial charge is 0.342 e. The summed E-state index contributed by atoms with van der Waals surface area (Å²) in [4.78, 5) is 24.9. The first-order valence-electron chi connectivity index (χ1n) is 8.47. The second-order valence-corrected chi connectivity index (χ2v) is 6.57. The Morgan fingerprint density at radius 1 is 1.04 bits per heavy atom. The molecule has 1 aliphatic heterocycles. The summed E-state index contributed by atoms with van der Waals surface area (Å²) in [6.45, 7) is 2.81. The zero-order valence-electron chi connectivity index (χ0n) is 14.7. The highest BCUT2D eigenvalue weighted by molar-refractivity contribution is 6.14. The summed E-state index contributed by atoms with van der Waals surface area (Å²) in [6, 6.07) is 16.1. The summed E-state index contributed by atoms with van der Waals surface area (Å²) < 4.78 is 2.16. The highest BCUT2D eigenvalue weighted by Gasteiger charge is 2.30. The van der Waals surface area contributed by atoms with Gasteiger partial charge in [-0.2, -0.15) is 0 Å². The topological polar surface area (TPSA) is 54.3 Å². The molecule has 1 N–H and O–H groups in total. The fraction of sp³-hybridized carbons (Fsp3) is 0.143. The van der Waals surface area contributed by atoms with Crippen LogP contribution in [0.15, 0.2) is 60.4 Å². The number of rotatable bonds is 3. The zero-order valence-corrected chi connectivity index (χ0v) is 14.7. The van der Waals surface area contributed by atoms with E-state index < -0.39 is 6.03 Å². The molecule has 1 aromatic heterocycles. The maximum Gasteiger partial charge on any atom is 0.328 e. The molecule has 0 radical (unpaired) electrons. The SMILES string of the molecule is Cc1ccc(Cn2cc(/C=C3/NC(=O)N(C)C3=O)c3ccccc32)cc1. The van der Waals surface area contributed by atoms with Gasteiger partial charge in [0.05, 0.1) is 0 Å². The van der Waals surface area contributed by atoms with Gasteiger partial charge >= 0.3 is 6.03 Å². The third-order valence-corrected chi connectivity index (χ3v) is 4.67. The molecule has 26 heavy (non-hydrogen) atoms. The lowest BCUT2D eigenvalue weighted by atomic mass is 10.1. The number of para-hydroxylation sites is 1. The molecular weight excluding hydrogens is 326 g/mol. The van der Waals surface area contributed by atoms with Crippen molar-refractivity contribution in [1.82, 2.24) is 14.8 Å². The molecule has 1 fully saturated rings. The van der Waals surface area contributed by atoms with E-state index in [9.17, 15) is 9.59 Å². The zero-order chi connectivity index (χ0) is 18.3. The molecular formula is C21H19N3O2. The van der Waals surface area contributed by atoms with Gasteiger partial charge in [0.1, 0.15) is 5.70 Å². The van der Waals surface area contributed by atoms with Crippen molar-refractivity contribution in [3.05, 3.63) is 77.1 Å². The van der Waals surface area contributed by atoms with Gasteiger partial charge in [-0.05, 0) is 24.6 Å². The third kappa shape index (κ3) is 2.77. The van der Waals surface area contributed by atoms with Crippen LogP contribution in [-0.4, -0.2) is 28.5 Å². The molecule has 2 aromatic carbocycles. The number of nitrogens with one attached hydrogen (secondary N) is 1. The summed E-state index contributed by atoms with van der Waals surface area (Å²) >= 11 is 0. The lowest BCUT2D eigenvalue weighted by molar-refractivity contribution is -0.121. The standard InChI is InChI=1S/C21H19N3O2/c1-14-7-9-15(10-8-14)12-24-13-16(17-5-3-4-6-19(17)24)11-18-20(25)23(2)21(26)22-18/h3-11,13H,12H2,1-2H3,(H,22,26)/b18-11+. The maximum absolute atomic E-state index is 12.2. The van der Waals surface area contributed by atoms with E-state index in [-0.39, 0.29) is 5.91 Å². The number of benzene rings is 2. The number of aromatic nitrogens is 1. The van der Waals surface area contributed by atoms with Crippen molar-refractivity contribution in [2.45, 2.75) is 13.5 Å². The lowest BCUT2D eigenvalue weighted by Gasteiger charge is -2.06. The van der Waals surface area contributed by atoms with Gasteiger partial charge in [-0.25, -0.2) is 4.79 Å². The number of hydrogen-bond acceptors (Lipinski definition) is 2. The third-order valence-electron chi connectivity index (χ3n) is 4.67. The molecule has 0 atom stereocenters. The molecule has 0 spiro atoms. The van der Waals surface area contributed by atoms with Gasteiger partial charge in [-0.1, -0.05) is 48.0 Å². The van der Waals surface area contributed by atoms with Gasteiger partial charge in [0.25, 0.3) is 5.91 Å². The van der Waals surface area contributed by atoms with Crippen LogP contribution in [0.3, 0.4) is 0 Å². The summed E-state index contributed by atoms with van der Waals surface area (Å²) in [5.41, 5.74) is 4.74. The first-order valence-corrected chi connectivity index (χ1v) is 8.47. The van der Waals surface area contributed by atoms with Gasteiger partial charge < -0.3 is 9.88 Å². The predicted octanol–water partition coefficient (Wildman–Crippen LogP) is 3.52. The van der Waals surface area contributed by atoms with E-state index in [0.717, 1.165) is 27.9 Å². The lowest BCUT2D eigenvalue weighted by Crippen LogP contribution is -2.25. The van der Waals surface area contributed by atoms with Crippen LogP contribution in [0.4, 0.5) is 4.79 Å². The van der Waals surface area contributed by atoms with Crippen molar-refractivity contribution >= 4 is 28.9 Å². The molecule has 3 amide bonds. The Balaban J connectivity index is 1.76. The average molecular weight is 345 g/mol. The van der Waals surface area contributed by atoms with Crippen LogP contribution in [0.5, 0.6) is 0 Å². The number of aryl methyl sites for hydroxylation is 1. The van der Waals surface area contributed by atoms with E-state index in [2.05, 4.69) is 47.1 Å². The number of imide groups is 1.